The Morgan fingerprint density at radius 3 is 3.21 bits per heavy atom. The molecule has 1 unspecified atom stereocenters. The zero-order valence-electron chi connectivity index (χ0n) is 8.42. The van der Waals surface area contributed by atoms with Crippen molar-refractivity contribution in [3.05, 3.63) is 5.82 Å². The summed E-state index contributed by atoms with van der Waals surface area (Å²) in [6, 6.07) is 0.952. The average Bonchev–Trinajstić information content (AvgIpc) is 2.43. The van der Waals surface area contributed by atoms with Crippen LogP contribution in [0.2, 0.25) is 0 Å². The Hall–Kier alpha value is -1.10. The van der Waals surface area contributed by atoms with Crippen LogP contribution >= 0.6 is 0 Å². The summed E-state index contributed by atoms with van der Waals surface area (Å²) in [6.07, 6.45) is 3.66. The summed E-state index contributed by atoms with van der Waals surface area (Å²) >= 11 is 0. The van der Waals surface area contributed by atoms with Crippen molar-refractivity contribution in [2.75, 3.05) is 18.4 Å². The summed E-state index contributed by atoms with van der Waals surface area (Å²) in [4.78, 5) is 4.12. The molecule has 1 saturated heterocycles. The van der Waals surface area contributed by atoms with Crippen molar-refractivity contribution in [2.45, 2.75) is 32.2 Å². The number of aryl methyl sites for hydroxylation is 1. The fourth-order valence-electron chi connectivity index (χ4n) is 1.67. The zero-order chi connectivity index (χ0) is 9.80. The first-order valence-electron chi connectivity index (χ1n) is 5.12. The maximum Gasteiger partial charge on any atom is 0.321 e. The first-order valence-corrected chi connectivity index (χ1v) is 5.12. The lowest BCUT2D eigenvalue weighted by Gasteiger charge is -2.13. The number of aromatic nitrogens is 2. The fourth-order valence-corrected chi connectivity index (χ4v) is 1.67. The Morgan fingerprint density at radius 2 is 2.43 bits per heavy atom. The molecular weight excluding hydrogens is 180 g/mol. The summed E-state index contributed by atoms with van der Waals surface area (Å²) in [5, 5.41) is 10.3. The summed E-state index contributed by atoms with van der Waals surface area (Å²) in [5.74, 6) is 0.675. The van der Waals surface area contributed by atoms with E-state index in [0.29, 0.717) is 17.9 Å². The molecule has 0 aliphatic carbocycles. The van der Waals surface area contributed by atoms with Gasteiger partial charge in [0.25, 0.3) is 0 Å². The van der Waals surface area contributed by atoms with E-state index in [2.05, 4.69) is 20.8 Å². The second kappa shape index (κ2) is 4.41. The molecule has 2 N–H and O–H groups in total. The molecule has 1 aromatic heterocycles. The number of rotatable bonds is 2. The van der Waals surface area contributed by atoms with Gasteiger partial charge < -0.3 is 15.2 Å². The molecule has 0 amide bonds. The van der Waals surface area contributed by atoms with Gasteiger partial charge in [0.15, 0.2) is 5.82 Å². The van der Waals surface area contributed by atoms with E-state index >= 15 is 0 Å². The minimum absolute atomic E-state index is 0.414. The highest BCUT2D eigenvalue weighted by Crippen LogP contribution is 2.10. The van der Waals surface area contributed by atoms with Crippen molar-refractivity contribution in [2.24, 2.45) is 0 Å². The number of nitrogens with one attached hydrogen (secondary N) is 2. The molecule has 0 aromatic carbocycles. The topological polar surface area (TPSA) is 63.0 Å². The van der Waals surface area contributed by atoms with Crippen molar-refractivity contribution >= 4 is 6.01 Å². The van der Waals surface area contributed by atoms with Crippen molar-refractivity contribution < 1.29 is 4.52 Å². The maximum atomic E-state index is 5.01. The highest BCUT2D eigenvalue weighted by molar-refractivity contribution is 5.20. The molecule has 0 saturated carbocycles. The third kappa shape index (κ3) is 2.45. The molecule has 1 aliphatic heterocycles. The fraction of sp³-hybridized carbons (Fsp3) is 0.778. The van der Waals surface area contributed by atoms with E-state index in [1.54, 1.807) is 0 Å². The van der Waals surface area contributed by atoms with Crippen molar-refractivity contribution in [1.82, 2.24) is 15.5 Å². The predicted molar refractivity (Wildman–Crippen MR) is 53.2 cm³/mol. The molecule has 0 bridgehead atoms. The minimum atomic E-state index is 0.414. The van der Waals surface area contributed by atoms with Crippen molar-refractivity contribution in [3.63, 3.8) is 0 Å². The van der Waals surface area contributed by atoms with Gasteiger partial charge in [0.2, 0.25) is 0 Å². The Kier molecular flexibility index (Phi) is 2.98. The van der Waals surface area contributed by atoms with Crippen LogP contribution in [0.4, 0.5) is 6.01 Å². The van der Waals surface area contributed by atoms with Crippen molar-refractivity contribution in [1.29, 1.82) is 0 Å². The molecule has 2 rings (SSSR count). The minimum Gasteiger partial charge on any atom is -0.334 e. The second-order valence-electron chi connectivity index (χ2n) is 3.69. The lowest BCUT2D eigenvalue weighted by Crippen LogP contribution is -2.30. The van der Waals surface area contributed by atoms with Gasteiger partial charge in [-0.05, 0) is 26.3 Å². The molecule has 1 aliphatic rings. The van der Waals surface area contributed by atoms with Gasteiger partial charge in [-0.15, -0.1) is 0 Å². The number of hydrogen-bond donors (Lipinski definition) is 2. The van der Waals surface area contributed by atoms with Crippen LogP contribution in [0.15, 0.2) is 4.52 Å². The maximum absolute atomic E-state index is 5.01. The van der Waals surface area contributed by atoms with Crippen LogP contribution in [0.25, 0.3) is 0 Å². The highest BCUT2D eigenvalue weighted by atomic mass is 16.5. The van der Waals surface area contributed by atoms with E-state index in [4.69, 9.17) is 4.52 Å². The molecule has 5 nitrogen and oxygen atoms in total. The van der Waals surface area contributed by atoms with E-state index in [0.717, 1.165) is 19.5 Å². The molecule has 5 heteroatoms. The molecular formula is C9H16N4O. The molecule has 1 fully saturated rings. The Labute approximate surface area is 83.3 Å². The molecule has 2 heterocycles. The summed E-state index contributed by atoms with van der Waals surface area (Å²) in [7, 11) is 0. The van der Waals surface area contributed by atoms with Gasteiger partial charge >= 0.3 is 6.01 Å². The Balaban J connectivity index is 1.89. The number of anilines is 1. The number of nitrogens with zero attached hydrogens (tertiary/aromatic N) is 2. The molecule has 1 aromatic rings. The summed E-state index contributed by atoms with van der Waals surface area (Å²) in [6.45, 7) is 3.91. The number of hydrogen-bond acceptors (Lipinski definition) is 5. The van der Waals surface area contributed by atoms with E-state index in [-0.39, 0.29) is 0 Å². The van der Waals surface area contributed by atoms with Gasteiger partial charge in [-0.3, -0.25) is 0 Å². The van der Waals surface area contributed by atoms with Gasteiger partial charge in [0, 0.05) is 12.6 Å². The predicted octanol–water partition coefficient (Wildman–Crippen LogP) is 0.932. The smallest absolute Gasteiger partial charge is 0.321 e. The first kappa shape index (κ1) is 9.45. The van der Waals surface area contributed by atoms with E-state index in [1.165, 1.54) is 12.8 Å². The van der Waals surface area contributed by atoms with E-state index in [1.807, 2.05) is 6.92 Å². The highest BCUT2D eigenvalue weighted by Gasteiger charge is 2.13. The van der Waals surface area contributed by atoms with E-state index < -0.39 is 0 Å². The monoisotopic (exact) mass is 196 g/mol. The van der Waals surface area contributed by atoms with E-state index in [9.17, 15) is 0 Å². The quantitative estimate of drug-likeness (QED) is 0.736. The van der Waals surface area contributed by atoms with Gasteiger partial charge in [-0.1, -0.05) is 11.6 Å². The molecule has 1 atom stereocenters. The molecule has 0 radical (unpaired) electrons. The standard InChI is InChI=1S/C9H16N4O/c1-7-11-9(14-13-7)12-8-4-2-3-5-10-6-8/h8,10H,2-6H2,1H3,(H,11,12,13). The molecule has 14 heavy (non-hydrogen) atoms. The van der Waals surface area contributed by atoms with Crippen LogP contribution in [0.5, 0.6) is 0 Å². The van der Waals surface area contributed by atoms with Crippen LogP contribution in [0, 0.1) is 6.92 Å². The van der Waals surface area contributed by atoms with Crippen LogP contribution in [0.1, 0.15) is 25.1 Å². The average molecular weight is 196 g/mol. The third-order valence-electron chi connectivity index (χ3n) is 2.40. The summed E-state index contributed by atoms with van der Waals surface area (Å²) < 4.78 is 5.01. The van der Waals surface area contributed by atoms with Crippen LogP contribution in [-0.2, 0) is 0 Å². The first-order chi connectivity index (χ1) is 6.84. The molecule has 0 spiro atoms. The summed E-state index contributed by atoms with van der Waals surface area (Å²) in [5.41, 5.74) is 0. The Morgan fingerprint density at radius 1 is 1.50 bits per heavy atom. The second-order valence-corrected chi connectivity index (χ2v) is 3.69. The normalized spacial score (nSPS) is 23.1. The van der Waals surface area contributed by atoms with Crippen LogP contribution < -0.4 is 10.6 Å². The van der Waals surface area contributed by atoms with Crippen molar-refractivity contribution in [3.8, 4) is 0 Å². The van der Waals surface area contributed by atoms with Gasteiger partial charge in [0.1, 0.15) is 0 Å². The zero-order valence-corrected chi connectivity index (χ0v) is 8.42. The van der Waals surface area contributed by atoms with Gasteiger partial charge in [0.05, 0.1) is 0 Å². The van der Waals surface area contributed by atoms with Gasteiger partial charge in [-0.2, -0.15) is 4.98 Å². The molecule has 78 valence electrons. The van der Waals surface area contributed by atoms with Gasteiger partial charge in [-0.25, -0.2) is 0 Å². The third-order valence-corrected chi connectivity index (χ3v) is 2.40. The Bertz CT molecular complexity index is 278. The SMILES string of the molecule is Cc1noc(NC2CCCCNC2)n1. The lowest BCUT2D eigenvalue weighted by atomic mass is 10.1. The lowest BCUT2D eigenvalue weighted by molar-refractivity contribution is 0.419. The van der Waals surface area contributed by atoms with Crippen LogP contribution in [0.3, 0.4) is 0 Å². The largest absolute Gasteiger partial charge is 0.334 e. The van der Waals surface area contributed by atoms with Crippen LogP contribution in [-0.4, -0.2) is 29.3 Å².